The molecule has 0 aliphatic carbocycles. The van der Waals surface area contributed by atoms with Crippen molar-refractivity contribution in [1.29, 1.82) is 0 Å². The second-order valence-corrected chi connectivity index (χ2v) is 5.95. The summed E-state index contributed by atoms with van der Waals surface area (Å²) >= 11 is 1.63. The van der Waals surface area contributed by atoms with Gasteiger partial charge in [0.05, 0.1) is 7.11 Å². The summed E-state index contributed by atoms with van der Waals surface area (Å²) in [7, 11) is 1.63. The van der Waals surface area contributed by atoms with E-state index in [2.05, 4.69) is 10.6 Å². The summed E-state index contributed by atoms with van der Waals surface area (Å²) in [5.41, 5.74) is 1.06. The van der Waals surface area contributed by atoms with Gasteiger partial charge >= 0.3 is 0 Å². The van der Waals surface area contributed by atoms with Crippen LogP contribution in [0.3, 0.4) is 0 Å². The number of para-hydroxylation sites is 1. The summed E-state index contributed by atoms with van der Waals surface area (Å²) < 4.78 is 5.28. The predicted molar refractivity (Wildman–Crippen MR) is 83.6 cm³/mol. The molecule has 6 heteroatoms. The molecule has 0 spiro atoms. The van der Waals surface area contributed by atoms with E-state index in [1.807, 2.05) is 24.3 Å². The quantitative estimate of drug-likeness (QED) is 0.851. The molecule has 2 N–H and O–H groups in total. The van der Waals surface area contributed by atoms with E-state index in [-0.39, 0.29) is 11.8 Å². The molecular weight excluding hydrogens is 288 g/mol. The topological polar surface area (TPSA) is 67.4 Å². The first-order valence-electron chi connectivity index (χ1n) is 6.97. The molecule has 1 saturated heterocycles. The second kappa shape index (κ2) is 7.93. The van der Waals surface area contributed by atoms with Crippen molar-refractivity contribution in [3.05, 3.63) is 29.8 Å². The highest BCUT2D eigenvalue weighted by Crippen LogP contribution is 2.17. The minimum absolute atomic E-state index is 0.0510. The van der Waals surface area contributed by atoms with Gasteiger partial charge in [0.25, 0.3) is 0 Å². The number of benzene rings is 1. The van der Waals surface area contributed by atoms with Crippen LogP contribution in [0.1, 0.15) is 12.0 Å². The average Bonchev–Trinajstić information content (AvgIpc) is 2.72. The van der Waals surface area contributed by atoms with Crippen LogP contribution in [0.5, 0.6) is 5.75 Å². The number of nitrogens with one attached hydrogen (secondary N) is 2. The Morgan fingerprint density at radius 2 is 2.29 bits per heavy atom. The Labute approximate surface area is 128 Å². The minimum Gasteiger partial charge on any atom is -0.496 e. The minimum atomic E-state index is -0.428. The number of thioether (sulfide) groups is 1. The SMILES string of the molecule is COc1ccccc1CCNC(=O)[C@@H]1CSCCC(=O)N1. The fourth-order valence-electron chi connectivity index (χ4n) is 2.17. The van der Waals surface area contributed by atoms with Crippen molar-refractivity contribution in [3.8, 4) is 5.75 Å². The zero-order chi connectivity index (χ0) is 15.1. The van der Waals surface area contributed by atoms with Gasteiger partial charge in [-0.25, -0.2) is 0 Å². The van der Waals surface area contributed by atoms with Crippen molar-refractivity contribution in [2.75, 3.05) is 25.2 Å². The van der Waals surface area contributed by atoms with E-state index in [0.717, 1.165) is 17.1 Å². The number of hydrogen-bond acceptors (Lipinski definition) is 4. The van der Waals surface area contributed by atoms with Crippen molar-refractivity contribution in [2.45, 2.75) is 18.9 Å². The van der Waals surface area contributed by atoms with E-state index < -0.39 is 6.04 Å². The molecule has 1 heterocycles. The molecule has 1 aromatic rings. The Balaban J connectivity index is 1.82. The summed E-state index contributed by atoms with van der Waals surface area (Å²) in [5, 5.41) is 5.63. The molecule has 0 bridgehead atoms. The van der Waals surface area contributed by atoms with Gasteiger partial charge in [0.15, 0.2) is 0 Å². The van der Waals surface area contributed by atoms with Gasteiger partial charge in [-0.05, 0) is 18.1 Å². The third kappa shape index (κ3) is 4.67. The van der Waals surface area contributed by atoms with Crippen LogP contribution in [-0.4, -0.2) is 43.0 Å². The van der Waals surface area contributed by atoms with Gasteiger partial charge in [0.2, 0.25) is 11.8 Å². The Kier molecular flexibility index (Phi) is 5.92. The second-order valence-electron chi connectivity index (χ2n) is 4.80. The van der Waals surface area contributed by atoms with Crippen LogP contribution in [0.2, 0.25) is 0 Å². The summed E-state index contributed by atoms with van der Waals surface area (Å²) in [6.45, 7) is 0.524. The Hall–Kier alpha value is -1.69. The van der Waals surface area contributed by atoms with Crippen LogP contribution in [-0.2, 0) is 16.0 Å². The molecule has 0 saturated carbocycles. The van der Waals surface area contributed by atoms with Crippen LogP contribution in [0, 0.1) is 0 Å². The monoisotopic (exact) mass is 308 g/mol. The molecule has 0 radical (unpaired) electrons. The molecule has 5 nitrogen and oxygen atoms in total. The van der Waals surface area contributed by atoms with Crippen molar-refractivity contribution < 1.29 is 14.3 Å². The molecule has 1 atom stereocenters. The average molecular weight is 308 g/mol. The van der Waals surface area contributed by atoms with Gasteiger partial charge in [-0.2, -0.15) is 11.8 Å². The van der Waals surface area contributed by atoms with Gasteiger partial charge in [0.1, 0.15) is 11.8 Å². The standard InChI is InChI=1S/C15H20N2O3S/c1-20-13-5-3-2-4-11(13)6-8-16-15(19)12-10-21-9-7-14(18)17-12/h2-5,12H,6-10H2,1H3,(H,16,19)(H,17,18)/t12-/m0/s1. The van der Waals surface area contributed by atoms with E-state index in [1.165, 1.54) is 0 Å². The third-order valence-electron chi connectivity index (χ3n) is 3.30. The van der Waals surface area contributed by atoms with Gasteiger partial charge in [0, 0.05) is 24.5 Å². The molecular formula is C15H20N2O3S. The first-order chi connectivity index (χ1) is 10.2. The zero-order valence-electron chi connectivity index (χ0n) is 12.1. The summed E-state index contributed by atoms with van der Waals surface area (Å²) in [5.74, 6) is 2.06. The number of hydrogen-bond donors (Lipinski definition) is 2. The summed E-state index contributed by atoms with van der Waals surface area (Å²) in [6.07, 6.45) is 1.18. The first-order valence-corrected chi connectivity index (χ1v) is 8.13. The summed E-state index contributed by atoms with van der Waals surface area (Å²) in [6, 6.07) is 7.32. The highest BCUT2D eigenvalue weighted by Gasteiger charge is 2.22. The van der Waals surface area contributed by atoms with Crippen LogP contribution in [0.4, 0.5) is 0 Å². The third-order valence-corrected chi connectivity index (χ3v) is 4.36. The Morgan fingerprint density at radius 3 is 3.10 bits per heavy atom. The van der Waals surface area contributed by atoms with Gasteiger partial charge in [-0.15, -0.1) is 0 Å². The van der Waals surface area contributed by atoms with Crippen LogP contribution in [0.15, 0.2) is 24.3 Å². The van der Waals surface area contributed by atoms with Crippen LogP contribution < -0.4 is 15.4 Å². The number of amides is 2. The molecule has 0 aromatic heterocycles. The van der Waals surface area contributed by atoms with Crippen LogP contribution >= 0.6 is 11.8 Å². The van der Waals surface area contributed by atoms with Crippen molar-refractivity contribution >= 4 is 23.6 Å². The molecule has 1 aliphatic heterocycles. The molecule has 1 aromatic carbocycles. The lowest BCUT2D eigenvalue weighted by Crippen LogP contribution is -2.47. The smallest absolute Gasteiger partial charge is 0.243 e. The lowest BCUT2D eigenvalue weighted by Gasteiger charge is -2.15. The maximum absolute atomic E-state index is 12.1. The predicted octanol–water partition coefficient (Wildman–Crippen LogP) is 0.976. The van der Waals surface area contributed by atoms with Gasteiger partial charge in [-0.1, -0.05) is 18.2 Å². The van der Waals surface area contributed by atoms with E-state index in [9.17, 15) is 9.59 Å². The van der Waals surface area contributed by atoms with E-state index in [1.54, 1.807) is 18.9 Å². The molecule has 2 rings (SSSR count). The van der Waals surface area contributed by atoms with Crippen molar-refractivity contribution in [1.82, 2.24) is 10.6 Å². The fourth-order valence-corrected chi connectivity index (χ4v) is 3.14. The molecule has 1 fully saturated rings. The highest BCUT2D eigenvalue weighted by atomic mass is 32.2. The highest BCUT2D eigenvalue weighted by molar-refractivity contribution is 7.99. The molecule has 114 valence electrons. The van der Waals surface area contributed by atoms with E-state index >= 15 is 0 Å². The molecule has 0 unspecified atom stereocenters. The van der Waals surface area contributed by atoms with Crippen molar-refractivity contribution in [3.63, 3.8) is 0 Å². The molecule has 2 amide bonds. The summed E-state index contributed by atoms with van der Waals surface area (Å²) in [4.78, 5) is 23.5. The normalized spacial score (nSPS) is 18.5. The van der Waals surface area contributed by atoms with E-state index in [4.69, 9.17) is 4.74 Å². The van der Waals surface area contributed by atoms with Gasteiger partial charge in [-0.3, -0.25) is 9.59 Å². The maximum atomic E-state index is 12.1. The van der Waals surface area contributed by atoms with Crippen molar-refractivity contribution in [2.24, 2.45) is 0 Å². The van der Waals surface area contributed by atoms with E-state index in [0.29, 0.717) is 25.1 Å². The zero-order valence-corrected chi connectivity index (χ0v) is 12.9. The largest absolute Gasteiger partial charge is 0.496 e. The Bertz CT molecular complexity index is 507. The molecule has 21 heavy (non-hydrogen) atoms. The van der Waals surface area contributed by atoms with Gasteiger partial charge < -0.3 is 15.4 Å². The number of ether oxygens (including phenoxy) is 1. The Morgan fingerprint density at radius 1 is 1.48 bits per heavy atom. The number of carbonyl (C=O) groups is 2. The molecule has 1 aliphatic rings. The lowest BCUT2D eigenvalue weighted by atomic mass is 10.1. The number of rotatable bonds is 5. The van der Waals surface area contributed by atoms with Crippen LogP contribution in [0.25, 0.3) is 0 Å². The first kappa shape index (κ1) is 15.7. The number of carbonyl (C=O) groups excluding carboxylic acids is 2. The number of methoxy groups -OCH3 is 1. The fraction of sp³-hybridized carbons (Fsp3) is 0.467. The lowest BCUT2D eigenvalue weighted by molar-refractivity contribution is -0.128. The maximum Gasteiger partial charge on any atom is 0.243 e.